The van der Waals surface area contributed by atoms with Crippen LogP contribution in [0.1, 0.15) is 49.3 Å². The molecule has 0 aromatic heterocycles. The molecule has 236 valence electrons. The topological polar surface area (TPSA) is 138 Å². The predicted octanol–water partition coefficient (Wildman–Crippen LogP) is 4.57. The van der Waals surface area contributed by atoms with Crippen LogP contribution in [-0.2, 0) is 19.6 Å². The van der Waals surface area contributed by atoms with Crippen LogP contribution in [0.2, 0.25) is 0 Å². The number of likely N-dealkylation sites (tertiary alicyclic amines) is 1. The molecule has 10 nitrogen and oxygen atoms in total. The second kappa shape index (κ2) is 16.5. The zero-order chi connectivity index (χ0) is 29.4. The average Bonchev–Trinajstić information content (AvgIpc) is 3.48. The van der Waals surface area contributed by atoms with E-state index in [1.807, 2.05) is 25.1 Å². The first-order chi connectivity index (χ1) is 19.6. The summed E-state index contributed by atoms with van der Waals surface area (Å²) in [4.78, 5) is 18.2. The van der Waals surface area contributed by atoms with E-state index in [9.17, 15) is 13.2 Å². The highest BCUT2D eigenvalue weighted by atomic mass is 35.5. The molecule has 0 spiro atoms. The normalized spacial score (nSPS) is 15.3. The Hall–Kier alpha value is -3.28. The number of aryl methyl sites for hydroxylation is 1. The molecule has 0 bridgehead atoms. The number of carbonyl (C=O) groups excluding carboxylic acids is 1. The van der Waals surface area contributed by atoms with E-state index in [4.69, 9.17) is 20.6 Å². The van der Waals surface area contributed by atoms with Crippen molar-refractivity contribution < 1.29 is 22.7 Å². The van der Waals surface area contributed by atoms with Gasteiger partial charge in [-0.25, -0.2) is 8.42 Å². The lowest BCUT2D eigenvalue weighted by Crippen LogP contribution is -2.41. The number of aliphatic imine (C=N–C) groups is 1. The van der Waals surface area contributed by atoms with Crippen molar-refractivity contribution in [2.75, 3.05) is 42.8 Å². The van der Waals surface area contributed by atoms with Crippen molar-refractivity contribution in [2.24, 2.45) is 10.7 Å². The van der Waals surface area contributed by atoms with Crippen LogP contribution in [0, 0.1) is 12.3 Å². The molecule has 4 rings (SSSR count). The minimum absolute atomic E-state index is 0. The number of rotatable bonds is 11. The van der Waals surface area contributed by atoms with Gasteiger partial charge in [-0.3, -0.25) is 19.5 Å². The smallest absolute Gasteiger partial charge is 0.302 e. The van der Waals surface area contributed by atoms with Gasteiger partial charge in [0, 0.05) is 51.4 Å². The Kier molecular flexibility index (Phi) is 13.8. The van der Waals surface area contributed by atoms with Gasteiger partial charge in [0.1, 0.15) is 30.0 Å². The number of nitrogens with one attached hydrogen (secondary N) is 1. The van der Waals surface area contributed by atoms with Crippen molar-refractivity contribution in [1.29, 1.82) is 5.41 Å². The van der Waals surface area contributed by atoms with Crippen LogP contribution in [-0.4, -0.2) is 75.6 Å². The molecule has 43 heavy (non-hydrogen) atoms. The van der Waals surface area contributed by atoms with Gasteiger partial charge in [-0.1, -0.05) is 30.4 Å². The van der Waals surface area contributed by atoms with Crippen molar-refractivity contribution in [3.63, 3.8) is 0 Å². The molecule has 0 atom stereocenters. The first kappa shape index (κ1) is 35.9. The maximum absolute atomic E-state index is 13.4. The quantitative estimate of drug-likeness (QED) is 0.206. The first-order valence-corrected chi connectivity index (χ1v) is 15.5. The number of nitrogens with two attached hydrogens (primary N) is 1. The summed E-state index contributed by atoms with van der Waals surface area (Å²) in [5.74, 6) is 1.04. The van der Waals surface area contributed by atoms with Gasteiger partial charge in [0.25, 0.3) is 0 Å². The van der Waals surface area contributed by atoms with E-state index in [-0.39, 0.29) is 55.7 Å². The molecule has 2 aromatic carbocycles. The lowest BCUT2D eigenvalue weighted by atomic mass is 10.1. The molecular weight excluding hydrogens is 613 g/mol. The van der Waals surface area contributed by atoms with Crippen LogP contribution in [0.5, 0.6) is 5.75 Å². The van der Waals surface area contributed by atoms with Gasteiger partial charge in [-0.05, 0) is 48.7 Å². The molecule has 1 fully saturated rings. The molecule has 1 saturated heterocycles. The number of amidine groups is 2. The fourth-order valence-electron chi connectivity index (χ4n) is 4.99. The molecule has 2 aliphatic rings. The summed E-state index contributed by atoms with van der Waals surface area (Å²) in [6, 6.07) is 12.5. The molecule has 0 saturated carbocycles. The summed E-state index contributed by atoms with van der Waals surface area (Å²) in [6.45, 7) is 5.77. The lowest BCUT2D eigenvalue weighted by Gasteiger charge is -2.34. The van der Waals surface area contributed by atoms with Crippen LogP contribution in [0.3, 0.4) is 0 Å². The Bertz CT molecular complexity index is 1430. The molecule has 2 aromatic rings. The Morgan fingerprint density at radius 3 is 2.56 bits per heavy atom. The Morgan fingerprint density at radius 2 is 1.93 bits per heavy atom. The largest absolute Gasteiger partial charge is 0.490 e. The van der Waals surface area contributed by atoms with Gasteiger partial charge in [-0.2, -0.15) is 0 Å². The summed E-state index contributed by atoms with van der Waals surface area (Å²) in [5, 5.41) is 7.64. The van der Waals surface area contributed by atoms with Gasteiger partial charge in [0.2, 0.25) is 10.0 Å². The van der Waals surface area contributed by atoms with E-state index in [0.29, 0.717) is 11.3 Å². The summed E-state index contributed by atoms with van der Waals surface area (Å²) in [7, 11) is -3.83. The van der Waals surface area contributed by atoms with Crippen LogP contribution in [0.15, 0.2) is 53.5 Å². The minimum atomic E-state index is -3.83. The third-order valence-corrected chi connectivity index (χ3v) is 8.88. The van der Waals surface area contributed by atoms with Crippen LogP contribution in [0.4, 0.5) is 5.69 Å². The van der Waals surface area contributed by atoms with Gasteiger partial charge in [-0.15, -0.1) is 24.8 Å². The average molecular weight is 655 g/mol. The third kappa shape index (κ3) is 10.1. The van der Waals surface area contributed by atoms with E-state index < -0.39 is 16.0 Å². The minimum Gasteiger partial charge on any atom is -0.490 e. The summed E-state index contributed by atoms with van der Waals surface area (Å²) >= 11 is 0. The van der Waals surface area contributed by atoms with E-state index in [0.717, 1.165) is 62.2 Å². The number of hydrogen-bond acceptors (Lipinski definition) is 8. The van der Waals surface area contributed by atoms with E-state index in [1.54, 1.807) is 36.4 Å². The first-order valence-electron chi connectivity index (χ1n) is 13.9. The van der Waals surface area contributed by atoms with Crippen molar-refractivity contribution in [3.8, 4) is 5.75 Å². The van der Waals surface area contributed by atoms with Gasteiger partial charge in [0.15, 0.2) is 0 Å². The summed E-state index contributed by atoms with van der Waals surface area (Å²) in [5.41, 5.74) is 8.30. The van der Waals surface area contributed by atoms with E-state index in [2.05, 4.69) is 9.89 Å². The predicted molar refractivity (Wildman–Crippen MR) is 177 cm³/mol. The number of hydrogen-bond donors (Lipinski definition) is 2. The molecule has 0 aliphatic carbocycles. The Balaban J connectivity index is 0.00000323. The fraction of sp³-hybridized carbons (Fsp3) is 0.433. The number of piperidine rings is 1. The van der Waals surface area contributed by atoms with Gasteiger partial charge in [0.05, 0.1) is 18.1 Å². The van der Waals surface area contributed by atoms with E-state index >= 15 is 0 Å². The third-order valence-electron chi connectivity index (χ3n) is 7.16. The number of anilines is 1. The molecular formula is C30H41Cl2N5O5S. The maximum atomic E-state index is 13.4. The standard InChI is InChI=1S/C30H39N5O5S.2ClH/c1-22-20-26(10-11-28(22)40-27-12-16-34(17-13-27)29-9-4-14-33-29)35(41(37,38)19-18-39-23(2)36)15-5-7-24-6-3-8-25(21-24)30(31)32;;/h3,5-8,10-11,20-21,27H,4,9,12-19H2,1-2H3,(H3,31,32);2*1H/b7-5+;;. The number of sulfonamides is 1. The highest BCUT2D eigenvalue weighted by molar-refractivity contribution is 7.92. The monoisotopic (exact) mass is 653 g/mol. The number of ether oxygens (including phenoxy) is 2. The second-order valence-electron chi connectivity index (χ2n) is 10.3. The Labute approximate surface area is 266 Å². The zero-order valence-corrected chi connectivity index (χ0v) is 27.0. The molecule has 2 aliphatic heterocycles. The molecule has 13 heteroatoms. The summed E-state index contributed by atoms with van der Waals surface area (Å²) < 4.78 is 39.3. The fourth-order valence-corrected chi connectivity index (χ4v) is 6.25. The van der Waals surface area contributed by atoms with Gasteiger partial charge >= 0.3 is 5.97 Å². The Morgan fingerprint density at radius 1 is 1.19 bits per heavy atom. The number of halogens is 2. The number of benzene rings is 2. The molecule has 0 radical (unpaired) electrons. The second-order valence-corrected chi connectivity index (χ2v) is 12.3. The van der Waals surface area contributed by atoms with Crippen LogP contribution >= 0.6 is 24.8 Å². The van der Waals surface area contributed by atoms with Crippen molar-refractivity contribution in [2.45, 2.75) is 45.6 Å². The molecule has 0 amide bonds. The maximum Gasteiger partial charge on any atom is 0.302 e. The lowest BCUT2D eigenvalue weighted by molar-refractivity contribution is -0.140. The van der Waals surface area contributed by atoms with Crippen LogP contribution in [0.25, 0.3) is 6.08 Å². The van der Waals surface area contributed by atoms with Crippen LogP contribution < -0.4 is 14.8 Å². The highest BCUT2D eigenvalue weighted by Gasteiger charge is 2.26. The number of esters is 1. The van der Waals surface area contributed by atoms with Crippen molar-refractivity contribution >= 4 is 64.2 Å². The zero-order valence-electron chi connectivity index (χ0n) is 24.5. The van der Waals surface area contributed by atoms with Crippen molar-refractivity contribution in [1.82, 2.24) is 4.90 Å². The summed E-state index contributed by atoms with van der Waals surface area (Å²) in [6.07, 6.45) is 7.64. The molecule has 2 heterocycles. The highest BCUT2D eigenvalue weighted by Crippen LogP contribution is 2.29. The SMILES string of the molecule is CC(=O)OCCS(=O)(=O)N(C/C=C/c1cccc(C(=N)N)c1)c1ccc(OC2CCN(C3=NCCC3)CC2)c(C)c1.Cl.Cl. The number of nitrogens with zero attached hydrogens (tertiary/aromatic N) is 3. The van der Waals surface area contributed by atoms with Crippen molar-refractivity contribution in [3.05, 3.63) is 65.2 Å². The van der Waals surface area contributed by atoms with E-state index in [1.165, 1.54) is 17.1 Å². The number of nitrogen functional groups attached to an aromatic ring is 1. The molecule has 0 unspecified atom stereocenters. The number of carbonyl (C=O) groups is 1. The molecule has 3 N–H and O–H groups in total. The van der Waals surface area contributed by atoms with Gasteiger partial charge < -0.3 is 20.1 Å².